The van der Waals surface area contributed by atoms with Gasteiger partial charge in [0.2, 0.25) is 0 Å². The van der Waals surface area contributed by atoms with E-state index in [1.54, 1.807) is 0 Å². The van der Waals surface area contributed by atoms with Gasteiger partial charge in [-0.2, -0.15) is 0 Å². The van der Waals surface area contributed by atoms with Crippen molar-refractivity contribution < 1.29 is 0 Å². The fourth-order valence-corrected chi connectivity index (χ4v) is 5.07. The minimum Gasteiger partial charge on any atom is -0.355 e. The Morgan fingerprint density at radius 1 is 0.862 bits per heavy atom. The highest BCUT2D eigenvalue weighted by atomic mass is 15.2. The summed E-state index contributed by atoms with van der Waals surface area (Å²) < 4.78 is 2.43. The minimum absolute atomic E-state index is 0.818. The molecule has 6 nitrogen and oxygen atoms in total. The van der Waals surface area contributed by atoms with Crippen LogP contribution in [0.2, 0.25) is 0 Å². The van der Waals surface area contributed by atoms with Gasteiger partial charge < -0.3 is 9.47 Å². The van der Waals surface area contributed by atoms with Crippen LogP contribution in [0.5, 0.6) is 0 Å². The summed E-state index contributed by atoms with van der Waals surface area (Å²) in [7, 11) is 0. The number of nitrogens with zero attached hydrogens (tertiary/aromatic N) is 6. The molecule has 2 aliphatic heterocycles. The normalized spacial score (nSPS) is 20.6. The lowest BCUT2D eigenvalue weighted by Crippen LogP contribution is -2.41. The van der Waals surface area contributed by atoms with Crippen LogP contribution in [0.15, 0.2) is 30.6 Å². The first kappa shape index (κ1) is 17.4. The van der Waals surface area contributed by atoms with E-state index in [-0.39, 0.29) is 0 Å². The molecule has 29 heavy (non-hydrogen) atoms. The summed E-state index contributed by atoms with van der Waals surface area (Å²) in [5.74, 6) is 2.23. The van der Waals surface area contributed by atoms with Crippen LogP contribution in [0.3, 0.4) is 0 Å². The lowest BCUT2D eigenvalue weighted by atomic mass is 9.91. The quantitative estimate of drug-likeness (QED) is 0.687. The van der Waals surface area contributed by atoms with Gasteiger partial charge in [-0.15, -0.1) is 0 Å². The highest BCUT2D eigenvalue weighted by Gasteiger charge is 2.27. The van der Waals surface area contributed by atoms with E-state index in [2.05, 4.69) is 37.5 Å². The second-order valence-electron chi connectivity index (χ2n) is 8.71. The van der Waals surface area contributed by atoms with Gasteiger partial charge in [0.25, 0.3) is 0 Å². The molecule has 0 N–H and O–H groups in total. The zero-order chi connectivity index (χ0) is 19.2. The topological polar surface area (TPSA) is 50.1 Å². The molecule has 1 aromatic carbocycles. The summed E-state index contributed by atoms with van der Waals surface area (Å²) in [5, 5.41) is 0. The molecule has 150 valence electrons. The summed E-state index contributed by atoms with van der Waals surface area (Å²) in [5.41, 5.74) is 4.39. The number of hydrogen-bond acceptors (Lipinski definition) is 5. The lowest BCUT2D eigenvalue weighted by Gasteiger charge is -2.36. The van der Waals surface area contributed by atoms with Crippen LogP contribution in [-0.4, -0.2) is 56.6 Å². The molecule has 0 unspecified atom stereocenters. The maximum absolute atomic E-state index is 5.01. The average molecular weight is 389 g/mol. The van der Waals surface area contributed by atoms with Gasteiger partial charge in [-0.3, -0.25) is 9.88 Å². The van der Waals surface area contributed by atoms with Gasteiger partial charge in [0.1, 0.15) is 11.6 Å². The second-order valence-corrected chi connectivity index (χ2v) is 8.71. The van der Waals surface area contributed by atoms with E-state index in [9.17, 15) is 0 Å². The van der Waals surface area contributed by atoms with E-state index in [0.717, 1.165) is 67.8 Å². The monoisotopic (exact) mass is 388 g/mol. The fourth-order valence-electron chi connectivity index (χ4n) is 5.07. The van der Waals surface area contributed by atoms with Gasteiger partial charge in [0.15, 0.2) is 0 Å². The summed E-state index contributed by atoms with van der Waals surface area (Å²) in [6.07, 6.45) is 11.5. The van der Waals surface area contributed by atoms with Gasteiger partial charge in [-0.1, -0.05) is 12.5 Å². The molecule has 6 rings (SSSR count). The summed E-state index contributed by atoms with van der Waals surface area (Å²) in [6, 6.07) is 7.42. The largest absolute Gasteiger partial charge is 0.355 e. The maximum atomic E-state index is 5.01. The summed E-state index contributed by atoms with van der Waals surface area (Å²) in [4.78, 5) is 19.4. The molecule has 1 saturated heterocycles. The van der Waals surface area contributed by atoms with Crippen LogP contribution >= 0.6 is 0 Å². The Morgan fingerprint density at radius 2 is 1.76 bits per heavy atom. The Labute approximate surface area is 171 Å². The predicted molar refractivity (Wildman–Crippen MR) is 115 cm³/mol. The number of benzene rings is 1. The van der Waals surface area contributed by atoms with Crippen molar-refractivity contribution in [1.29, 1.82) is 0 Å². The molecule has 4 heterocycles. The molecule has 0 atom stereocenters. The SMILES string of the molecule is c1cc2c(cc1-c1cncc(N3CCCC3)n1)nc1n2CCN(C2CCC2)CC1. The molecule has 1 aliphatic carbocycles. The average Bonchev–Trinajstić information content (AvgIpc) is 3.32. The van der Waals surface area contributed by atoms with E-state index in [1.807, 2.05) is 12.4 Å². The molecular weight excluding hydrogens is 360 g/mol. The first-order valence-electron chi connectivity index (χ1n) is 11.2. The molecule has 2 aromatic heterocycles. The smallest absolute Gasteiger partial charge is 0.147 e. The maximum Gasteiger partial charge on any atom is 0.147 e. The van der Waals surface area contributed by atoms with Gasteiger partial charge >= 0.3 is 0 Å². The molecule has 0 radical (unpaired) electrons. The molecule has 0 spiro atoms. The number of anilines is 1. The molecule has 0 amide bonds. The number of hydrogen-bond donors (Lipinski definition) is 0. The predicted octanol–water partition coefficient (Wildman–Crippen LogP) is 3.50. The summed E-state index contributed by atoms with van der Waals surface area (Å²) >= 11 is 0. The van der Waals surface area contributed by atoms with Crippen molar-refractivity contribution in [3.63, 3.8) is 0 Å². The Bertz CT molecular complexity index is 1030. The zero-order valence-corrected chi connectivity index (χ0v) is 16.9. The van der Waals surface area contributed by atoms with Crippen molar-refractivity contribution in [3.8, 4) is 11.3 Å². The van der Waals surface area contributed by atoms with Crippen LogP contribution < -0.4 is 4.90 Å². The van der Waals surface area contributed by atoms with E-state index in [4.69, 9.17) is 9.97 Å². The number of aromatic nitrogens is 4. The number of fused-ring (bicyclic) bond motifs is 3. The number of rotatable bonds is 3. The van der Waals surface area contributed by atoms with Crippen molar-refractivity contribution in [1.82, 2.24) is 24.4 Å². The molecular formula is C23H28N6. The van der Waals surface area contributed by atoms with E-state index >= 15 is 0 Å². The first-order chi connectivity index (χ1) is 14.3. The van der Waals surface area contributed by atoms with Crippen molar-refractivity contribution in [2.45, 2.75) is 51.1 Å². The van der Waals surface area contributed by atoms with Gasteiger partial charge in [-0.05, 0) is 37.8 Å². The second kappa shape index (κ2) is 7.10. The lowest BCUT2D eigenvalue weighted by molar-refractivity contribution is 0.130. The van der Waals surface area contributed by atoms with Gasteiger partial charge in [-0.25, -0.2) is 9.97 Å². The van der Waals surface area contributed by atoms with Crippen LogP contribution in [0, 0.1) is 0 Å². The minimum atomic E-state index is 0.818. The molecule has 1 saturated carbocycles. The molecule has 0 bridgehead atoms. The Hall–Kier alpha value is -2.47. The first-order valence-corrected chi connectivity index (χ1v) is 11.2. The highest BCUT2D eigenvalue weighted by molar-refractivity contribution is 5.82. The van der Waals surface area contributed by atoms with Crippen LogP contribution in [-0.2, 0) is 13.0 Å². The van der Waals surface area contributed by atoms with E-state index in [1.165, 1.54) is 43.4 Å². The zero-order valence-electron chi connectivity index (χ0n) is 16.9. The third-order valence-electron chi connectivity index (χ3n) is 7.00. The standard InChI is InChI=1S/C23H28N6/c1-2-10-28(9-1)23-16-24-15-20(26-23)17-6-7-21-19(14-17)25-22-8-11-27(12-13-29(21)22)18-4-3-5-18/h6-7,14-16,18H,1-5,8-13H2. The van der Waals surface area contributed by atoms with Crippen molar-refractivity contribution >= 4 is 16.9 Å². The third-order valence-corrected chi connectivity index (χ3v) is 7.00. The van der Waals surface area contributed by atoms with Crippen molar-refractivity contribution in [2.75, 3.05) is 31.1 Å². The number of imidazole rings is 1. The third kappa shape index (κ3) is 3.10. The van der Waals surface area contributed by atoms with Gasteiger partial charge in [0, 0.05) is 50.7 Å². The van der Waals surface area contributed by atoms with Crippen LogP contribution in [0.25, 0.3) is 22.3 Å². The van der Waals surface area contributed by atoms with E-state index in [0.29, 0.717) is 0 Å². The molecule has 3 aromatic rings. The highest BCUT2D eigenvalue weighted by Crippen LogP contribution is 2.29. The van der Waals surface area contributed by atoms with Crippen molar-refractivity contribution in [2.24, 2.45) is 0 Å². The molecule has 6 heteroatoms. The fraction of sp³-hybridized carbons (Fsp3) is 0.522. The molecule has 2 fully saturated rings. The Morgan fingerprint density at radius 3 is 2.59 bits per heavy atom. The molecule has 3 aliphatic rings. The van der Waals surface area contributed by atoms with Gasteiger partial charge in [0.05, 0.1) is 29.1 Å². The van der Waals surface area contributed by atoms with Crippen LogP contribution in [0.4, 0.5) is 5.82 Å². The van der Waals surface area contributed by atoms with E-state index < -0.39 is 0 Å². The van der Waals surface area contributed by atoms with Crippen molar-refractivity contribution in [3.05, 3.63) is 36.4 Å². The Kier molecular flexibility index (Phi) is 4.26. The summed E-state index contributed by atoms with van der Waals surface area (Å²) in [6.45, 7) is 5.51. The van der Waals surface area contributed by atoms with Crippen LogP contribution in [0.1, 0.15) is 37.9 Å². The Balaban J connectivity index is 1.29.